The van der Waals surface area contributed by atoms with Gasteiger partial charge >= 0.3 is 5.97 Å². The molecule has 0 aromatic carbocycles. The molecule has 0 spiro atoms. The highest BCUT2D eigenvalue weighted by atomic mass is 32.2. The van der Waals surface area contributed by atoms with Gasteiger partial charge in [-0.1, -0.05) is 52.4 Å². The molecule has 5 heteroatoms. The number of carbonyl (C=O) groups excluding carboxylic acids is 1. The number of unbranched alkanes of at least 4 members (excludes halogenated alkanes) is 5. The fourth-order valence-corrected chi connectivity index (χ4v) is 4.28. The van der Waals surface area contributed by atoms with Gasteiger partial charge in [-0.25, -0.2) is 4.79 Å². The van der Waals surface area contributed by atoms with Gasteiger partial charge in [-0.15, -0.1) is 11.8 Å². The van der Waals surface area contributed by atoms with Crippen molar-refractivity contribution in [2.45, 2.75) is 83.1 Å². The summed E-state index contributed by atoms with van der Waals surface area (Å²) in [6.07, 6.45) is 9.21. The van der Waals surface area contributed by atoms with Crippen LogP contribution in [-0.4, -0.2) is 39.1 Å². The van der Waals surface area contributed by atoms with Crippen molar-refractivity contribution >= 4 is 23.6 Å². The van der Waals surface area contributed by atoms with E-state index in [0.717, 1.165) is 25.7 Å². The molecule has 0 radical (unpaired) electrons. The highest BCUT2D eigenvalue weighted by molar-refractivity contribution is 8.00. The van der Waals surface area contributed by atoms with E-state index in [1.54, 1.807) is 16.7 Å². The summed E-state index contributed by atoms with van der Waals surface area (Å²) >= 11 is 1.61. The first kappa shape index (κ1) is 18.3. The number of carboxylic acid groups (broad SMARTS) is 1. The van der Waals surface area contributed by atoms with E-state index in [2.05, 4.69) is 13.8 Å². The highest BCUT2D eigenvalue weighted by Gasteiger charge is 2.40. The predicted octanol–water partition coefficient (Wildman–Crippen LogP) is 3.89. The molecule has 1 aliphatic heterocycles. The van der Waals surface area contributed by atoms with Crippen LogP contribution in [0.5, 0.6) is 0 Å². The molecule has 1 aliphatic rings. The minimum atomic E-state index is -0.864. The van der Waals surface area contributed by atoms with Gasteiger partial charge in [0.1, 0.15) is 6.04 Å². The van der Waals surface area contributed by atoms with Crippen LogP contribution in [0.25, 0.3) is 0 Å². The number of carboxylic acids is 1. The molecule has 0 aliphatic carbocycles. The zero-order chi connectivity index (χ0) is 15.7. The van der Waals surface area contributed by atoms with Crippen molar-refractivity contribution < 1.29 is 14.7 Å². The van der Waals surface area contributed by atoms with Crippen LogP contribution < -0.4 is 0 Å². The minimum Gasteiger partial charge on any atom is -0.480 e. The Hall–Kier alpha value is -0.710. The van der Waals surface area contributed by atoms with Crippen LogP contribution in [0.3, 0.4) is 0 Å². The number of nitrogens with zero attached hydrogens (tertiary/aromatic N) is 1. The molecule has 1 rings (SSSR count). The van der Waals surface area contributed by atoms with E-state index < -0.39 is 12.0 Å². The summed E-state index contributed by atoms with van der Waals surface area (Å²) in [7, 11) is 0. The SMILES string of the molecule is CCCCCCCCC(=O)N1C(CCC)SCC1C(=O)O. The third-order valence-corrected chi connectivity index (χ3v) is 5.30. The molecule has 1 amide bonds. The lowest BCUT2D eigenvalue weighted by Crippen LogP contribution is -2.45. The third-order valence-electron chi connectivity index (χ3n) is 3.95. The molecule has 1 heterocycles. The summed E-state index contributed by atoms with van der Waals surface area (Å²) in [6, 6.07) is -0.626. The maximum Gasteiger partial charge on any atom is 0.327 e. The summed E-state index contributed by atoms with van der Waals surface area (Å²) in [5.41, 5.74) is 0. The van der Waals surface area contributed by atoms with Crippen molar-refractivity contribution in [2.24, 2.45) is 0 Å². The summed E-state index contributed by atoms with van der Waals surface area (Å²) in [5.74, 6) is -0.304. The number of amides is 1. The van der Waals surface area contributed by atoms with E-state index >= 15 is 0 Å². The van der Waals surface area contributed by atoms with Crippen LogP contribution in [0, 0.1) is 0 Å². The molecule has 1 fully saturated rings. The molecule has 21 heavy (non-hydrogen) atoms. The minimum absolute atomic E-state index is 0.0290. The van der Waals surface area contributed by atoms with Crippen LogP contribution >= 0.6 is 11.8 Å². The average Bonchev–Trinajstić information content (AvgIpc) is 2.87. The van der Waals surface area contributed by atoms with Gasteiger partial charge in [0.25, 0.3) is 0 Å². The van der Waals surface area contributed by atoms with Gasteiger partial charge in [0.15, 0.2) is 0 Å². The first-order chi connectivity index (χ1) is 10.1. The van der Waals surface area contributed by atoms with E-state index in [1.165, 1.54) is 25.7 Å². The zero-order valence-corrected chi connectivity index (χ0v) is 14.2. The first-order valence-electron chi connectivity index (χ1n) is 8.27. The van der Waals surface area contributed by atoms with E-state index in [9.17, 15) is 14.7 Å². The van der Waals surface area contributed by atoms with Crippen molar-refractivity contribution in [3.05, 3.63) is 0 Å². The van der Waals surface area contributed by atoms with Gasteiger partial charge in [-0.2, -0.15) is 0 Å². The lowest BCUT2D eigenvalue weighted by atomic mass is 10.1. The molecular formula is C16H29NO3S. The maximum atomic E-state index is 12.4. The molecule has 1 N–H and O–H groups in total. The normalized spacial score (nSPS) is 21.7. The second-order valence-corrected chi connectivity index (χ2v) is 6.96. The molecule has 1 saturated heterocycles. The summed E-state index contributed by atoms with van der Waals surface area (Å²) in [4.78, 5) is 25.3. The average molecular weight is 315 g/mol. The van der Waals surface area contributed by atoms with Crippen molar-refractivity contribution in [1.29, 1.82) is 0 Å². The van der Waals surface area contributed by atoms with Crippen LogP contribution in [0.1, 0.15) is 71.6 Å². The van der Waals surface area contributed by atoms with Gasteiger partial charge in [0, 0.05) is 12.2 Å². The Morgan fingerprint density at radius 3 is 2.38 bits per heavy atom. The van der Waals surface area contributed by atoms with Gasteiger partial charge in [-0.05, 0) is 12.8 Å². The predicted molar refractivity (Wildman–Crippen MR) is 87.4 cm³/mol. The molecule has 0 aromatic heterocycles. The van der Waals surface area contributed by atoms with Crippen LogP contribution in [-0.2, 0) is 9.59 Å². The number of thioether (sulfide) groups is 1. The van der Waals surface area contributed by atoms with Gasteiger partial charge in [-0.3, -0.25) is 4.79 Å². The molecule has 0 aromatic rings. The molecule has 0 bridgehead atoms. The van der Waals surface area contributed by atoms with E-state index in [0.29, 0.717) is 12.2 Å². The number of aliphatic carboxylic acids is 1. The maximum absolute atomic E-state index is 12.4. The Bertz CT molecular complexity index is 335. The quantitative estimate of drug-likeness (QED) is 0.621. The monoisotopic (exact) mass is 315 g/mol. The fraction of sp³-hybridized carbons (Fsp3) is 0.875. The first-order valence-corrected chi connectivity index (χ1v) is 9.32. The van der Waals surface area contributed by atoms with E-state index in [4.69, 9.17) is 0 Å². The number of rotatable bonds is 10. The largest absolute Gasteiger partial charge is 0.480 e. The summed E-state index contributed by atoms with van der Waals surface area (Å²) in [5, 5.41) is 9.34. The second kappa shape index (κ2) is 10.1. The van der Waals surface area contributed by atoms with Gasteiger partial charge < -0.3 is 10.0 Å². The number of hydrogen-bond donors (Lipinski definition) is 1. The standard InChI is InChI=1S/C16H29NO3S/c1-3-5-6-7-8-9-11-14(18)17-13(16(19)20)12-21-15(17)10-4-2/h13,15H,3-12H2,1-2H3,(H,19,20). The fourth-order valence-electron chi connectivity index (χ4n) is 2.74. The lowest BCUT2D eigenvalue weighted by Gasteiger charge is -2.27. The third kappa shape index (κ3) is 5.89. The Balaban J connectivity index is 2.41. The van der Waals surface area contributed by atoms with E-state index in [1.807, 2.05) is 0 Å². The second-order valence-electron chi connectivity index (χ2n) is 5.75. The Morgan fingerprint density at radius 1 is 1.10 bits per heavy atom. The van der Waals surface area contributed by atoms with Gasteiger partial charge in [0.05, 0.1) is 5.37 Å². The molecule has 2 atom stereocenters. The van der Waals surface area contributed by atoms with Crippen molar-refractivity contribution in [1.82, 2.24) is 4.90 Å². The van der Waals surface area contributed by atoms with Crippen molar-refractivity contribution in [3.8, 4) is 0 Å². The molecular weight excluding hydrogens is 286 g/mol. The molecule has 4 nitrogen and oxygen atoms in total. The van der Waals surface area contributed by atoms with E-state index in [-0.39, 0.29) is 11.3 Å². The summed E-state index contributed by atoms with van der Waals surface area (Å²) < 4.78 is 0. The highest BCUT2D eigenvalue weighted by Crippen LogP contribution is 2.33. The van der Waals surface area contributed by atoms with Crippen LogP contribution in [0.4, 0.5) is 0 Å². The topological polar surface area (TPSA) is 57.6 Å². The zero-order valence-electron chi connectivity index (χ0n) is 13.3. The Labute approximate surface area is 132 Å². The molecule has 2 unspecified atom stereocenters. The van der Waals surface area contributed by atoms with Crippen LogP contribution in [0.2, 0.25) is 0 Å². The lowest BCUT2D eigenvalue weighted by molar-refractivity contribution is -0.149. The van der Waals surface area contributed by atoms with Gasteiger partial charge in [0.2, 0.25) is 5.91 Å². The molecule has 0 saturated carbocycles. The smallest absolute Gasteiger partial charge is 0.327 e. The van der Waals surface area contributed by atoms with Crippen LogP contribution in [0.15, 0.2) is 0 Å². The van der Waals surface area contributed by atoms with Crippen molar-refractivity contribution in [3.63, 3.8) is 0 Å². The Kier molecular flexibility index (Phi) is 8.81. The number of hydrogen-bond acceptors (Lipinski definition) is 3. The Morgan fingerprint density at radius 2 is 1.76 bits per heavy atom. The summed E-state index contributed by atoms with van der Waals surface area (Å²) in [6.45, 7) is 4.26. The van der Waals surface area contributed by atoms with Crippen molar-refractivity contribution in [2.75, 3.05) is 5.75 Å². The molecule has 122 valence electrons. The number of carbonyl (C=O) groups is 2.